The molecule has 3 N–H and O–H groups in total. The Labute approximate surface area is 237 Å². The molecule has 2 atom stereocenters. The first kappa shape index (κ1) is 30.8. The number of amides is 3. The van der Waals surface area contributed by atoms with E-state index < -0.39 is 6.04 Å². The number of carbonyl (C=O) groups is 3. The van der Waals surface area contributed by atoms with E-state index in [2.05, 4.69) is 72.5 Å². The van der Waals surface area contributed by atoms with Gasteiger partial charge in [0.05, 0.1) is 0 Å². The summed E-state index contributed by atoms with van der Waals surface area (Å²) in [6, 6.07) is 7.69. The summed E-state index contributed by atoms with van der Waals surface area (Å²) in [4.78, 5) is 41.7. The van der Waals surface area contributed by atoms with Gasteiger partial charge in [-0.2, -0.15) is 0 Å². The maximum atomic E-state index is 13.6. The standard InChI is InChI=1S/C31H46N4O3S/c1-6-23-14-15-25-17-26(39-29(25)16-23)18-27(33-22(5)36)31(38)34-28(24-12-10-9-11-13-24)19-32-30(37)21(4)20-35(7-2)8-3/h14-17,24,27-28H,4,6-13,18-20H2,1-3,5H3,(H,32,37)(H,33,36)(H,34,38)/t27-,28+/m0/s1. The highest BCUT2D eigenvalue weighted by atomic mass is 32.1. The maximum absolute atomic E-state index is 13.6. The summed E-state index contributed by atoms with van der Waals surface area (Å²) in [6.45, 7) is 14.3. The van der Waals surface area contributed by atoms with E-state index in [-0.39, 0.29) is 29.7 Å². The zero-order valence-electron chi connectivity index (χ0n) is 24.1. The van der Waals surface area contributed by atoms with E-state index in [1.165, 1.54) is 23.6 Å². The summed E-state index contributed by atoms with van der Waals surface area (Å²) in [7, 11) is 0. The van der Waals surface area contributed by atoms with E-state index in [0.29, 0.717) is 25.1 Å². The van der Waals surface area contributed by atoms with Gasteiger partial charge in [-0.05, 0) is 61.4 Å². The van der Waals surface area contributed by atoms with Gasteiger partial charge in [-0.1, -0.05) is 58.7 Å². The first-order valence-electron chi connectivity index (χ1n) is 14.5. The fourth-order valence-electron chi connectivity index (χ4n) is 5.38. The number of nitrogens with one attached hydrogen (secondary N) is 3. The van der Waals surface area contributed by atoms with Crippen molar-refractivity contribution in [3.8, 4) is 0 Å². The number of benzene rings is 1. The van der Waals surface area contributed by atoms with E-state index in [0.717, 1.165) is 55.5 Å². The van der Waals surface area contributed by atoms with Crippen LogP contribution in [0.15, 0.2) is 36.4 Å². The third-order valence-electron chi connectivity index (χ3n) is 7.80. The second-order valence-electron chi connectivity index (χ2n) is 10.7. The van der Waals surface area contributed by atoms with Crippen LogP contribution in [0.25, 0.3) is 10.1 Å². The van der Waals surface area contributed by atoms with Crippen LogP contribution in [-0.4, -0.2) is 60.9 Å². The predicted octanol–water partition coefficient (Wildman–Crippen LogP) is 4.59. The van der Waals surface area contributed by atoms with Gasteiger partial charge in [0.2, 0.25) is 17.7 Å². The molecule has 0 radical (unpaired) electrons. The van der Waals surface area contributed by atoms with Crippen LogP contribution < -0.4 is 16.0 Å². The lowest BCUT2D eigenvalue weighted by atomic mass is 9.83. The zero-order chi connectivity index (χ0) is 28.4. The van der Waals surface area contributed by atoms with Gasteiger partial charge in [0, 0.05) is 47.6 Å². The van der Waals surface area contributed by atoms with Crippen molar-refractivity contribution in [3.63, 3.8) is 0 Å². The molecular weight excluding hydrogens is 508 g/mol. The minimum absolute atomic E-state index is 0.174. The Morgan fingerprint density at radius 1 is 1.05 bits per heavy atom. The third kappa shape index (κ3) is 9.17. The van der Waals surface area contributed by atoms with Gasteiger partial charge < -0.3 is 16.0 Å². The molecule has 0 aliphatic heterocycles. The van der Waals surface area contributed by atoms with Crippen molar-refractivity contribution in [3.05, 3.63) is 46.9 Å². The van der Waals surface area contributed by atoms with Crippen molar-refractivity contribution in [2.24, 2.45) is 5.92 Å². The first-order valence-corrected chi connectivity index (χ1v) is 15.3. The lowest BCUT2D eigenvalue weighted by Gasteiger charge is -2.32. The normalized spacial score (nSPS) is 15.6. The van der Waals surface area contributed by atoms with Gasteiger partial charge in [-0.25, -0.2) is 0 Å². The monoisotopic (exact) mass is 554 g/mol. The molecule has 1 aliphatic carbocycles. The SMILES string of the molecule is C=C(CN(CC)CC)C(=O)NC[C@@H](NC(=O)[C@H](Cc1cc2ccc(CC)cc2s1)NC(C)=O)C1CCCCC1. The van der Waals surface area contributed by atoms with Gasteiger partial charge in [-0.15, -0.1) is 11.3 Å². The number of likely N-dealkylation sites (N-methyl/N-ethyl adjacent to an activating group) is 1. The minimum Gasteiger partial charge on any atom is -0.350 e. The topological polar surface area (TPSA) is 90.5 Å². The molecule has 1 heterocycles. The molecule has 0 bridgehead atoms. The number of rotatable bonds is 14. The average Bonchev–Trinajstić information content (AvgIpc) is 3.34. The molecule has 1 fully saturated rings. The Hall–Kier alpha value is -2.71. The van der Waals surface area contributed by atoms with E-state index in [9.17, 15) is 14.4 Å². The number of hydrogen-bond donors (Lipinski definition) is 3. The van der Waals surface area contributed by atoms with E-state index >= 15 is 0 Å². The molecule has 0 saturated heterocycles. The Balaban J connectivity index is 1.71. The summed E-state index contributed by atoms with van der Waals surface area (Å²) < 4.78 is 1.19. The number of carbonyl (C=O) groups excluding carboxylic acids is 3. The molecule has 1 saturated carbocycles. The van der Waals surface area contributed by atoms with Gasteiger partial charge in [0.15, 0.2) is 0 Å². The zero-order valence-corrected chi connectivity index (χ0v) is 24.9. The van der Waals surface area contributed by atoms with E-state index in [4.69, 9.17) is 0 Å². The van der Waals surface area contributed by atoms with E-state index in [1.807, 2.05) is 0 Å². The lowest BCUT2D eigenvalue weighted by molar-refractivity contribution is -0.129. The highest BCUT2D eigenvalue weighted by Crippen LogP contribution is 2.29. The molecule has 0 spiro atoms. The van der Waals surface area contributed by atoms with Crippen LogP contribution >= 0.6 is 11.3 Å². The molecule has 214 valence electrons. The molecule has 3 amide bonds. The van der Waals surface area contributed by atoms with Gasteiger partial charge in [0.1, 0.15) is 6.04 Å². The maximum Gasteiger partial charge on any atom is 0.247 e. The van der Waals surface area contributed by atoms with Crippen molar-refractivity contribution in [1.82, 2.24) is 20.9 Å². The van der Waals surface area contributed by atoms with Crippen LogP contribution in [0.4, 0.5) is 0 Å². The Morgan fingerprint density at radius 3 is 2.41 bits per heavy atom. The molecule has 8 heteroatoms. The summed E-state index contributed by atoms with van der Waals surface area (Å²) in [5.74, 6) is -0.329. The van der Waals surface area contributed by atoms with Crippen molar-refractivity contribution in [2.45, 2.75) is 84.7 Å². The van der Waals surface area contributed by atoms with Crippen molar-refractivity contribution in [2.75, 3.05) is 26.2 Å². The third-order valence-corrected chi connectivity index (χ3v) is 8.92. The Bertz CT molecular complexity index is 1130. The van der Waals surface area contributed by atoms with Crippen LogP contribution in [0, 0.1) is 5.92 Å². The largest absolute Gasteiger partial charge is 0.350 e. The van der Waals surface area contributed by atoms with Gasteiger partial charge in [-0.3, -0.25) is 19.3 Å². The number of aryl methyl sites for hydroxylation is 1. The van der Waals surface area contributed by atoms with Crippen LogP contribution in [0.2, 0.25) is 0 Å². The second kappa shape index (κ2) is 15.2. The summed E-state index contributed by atoms with van der Waals surface area (Å²) in [5.41, 5.74) is 1.81. The van der Waals surface area contributed by atoms with E-state index in [1.54, 1.807) is 11.3 Å². The molecule has 1 aromatic carbocycles. The van der Waals surface area contributed by atoms with Crippen LogP contribution in [-0.2, 0) is 27.2 Å². The minimum atomic E-state index is -0.680. The van der Waals surface area contributed by atoms with Crippen molar-refractivity contribution >= 4 is 39.1 Å². The smallest absolute Gasteiger partial charge is 0.247 e. The lowest BCUT2D eigenvalue weighted by Crippen LogP contribution is -2.55. The molecule has 1 aromatic heterocycles. The van der Waals surface area contributed by atoms with Gasteiger partial charge in [0.25, 0.3) is 0 Å². The molecular formula is C31H46N4O3S. The fraction of sp³-hybridized carbons (Fsp3) is 0.581. The van der Waals surface area contributed by atoms with Crippen molar-refractivity contribution < 1.29 is 14.4 Å². The molecule has 0 unspecified atom stereocenters. The molecule has 1 aliphatic rings. The summed E-state index contributed by atoms with van der Waals surface area (Å²) in [6.07, 6.45) is 6.87. The van der Waals surface area contributed by atoms with Crippen LogP contribution in [0.1, 0.15) is 70.2 Å². The highest BCUT2D eigenvalue weighted by molar-refractivity contribution is 7.19. The second-order valence-corrected chi connectivity index (χ2v) is 11.9. The molecule has 7 nitrogen and oxygen atoms in total. The van der Waals surface area contributed by atoms with Gasteiger partial charge >= 0.3 is 0 Å². The number of hydrogen-bond acceptors (Lipinski definition) is 5. The fourth-order valence-corrected chi connectivity index (χ4v) is 6.55. The predicted molar refractivity (Wildman–Crippen MR) is 161 cm³/mol. The molecule has 2 aromatic rings. The average molecular weight is 555 g/mol. The molecule has 39 heavy (non-hydrogen) atoms. The van der Waals surface area contributed by atoms with Crippen LogP contribution in [0.5, 0.6) is 0 Å². The number of nitrogens with zero attached hydrogens (tertiary/aromatic N) is 1. The number of fused-ring (bicyclic) bond motifs is 1. The summed E-state index contributed by atoms with van der Waals surface area (Å²) in [5, 5.41) is 10.3. The molecule has 3 rings (SSSR count). The Morgan fingerprint density at radius 2 is 1.77 bits per heavy atom. The highest BCUT2D eigenvalue weighted by Gasteiger charge is 2.29. The quantitative estimate of drug-likeness (QED) is 0.298. The number of thiophene rings is 1. The first-order chi connectivity index (χ1) is 18.7. The van der Waals surface area contributed by atoms with Crippen LogP contribution in [0.3, 0.4) is 0 Å². The Kier molecular flexibility index (Phi) is 12.0. The summed E-state index contributed by atoms with van der Waals surface area (Å²) >= 11 is 1.67. The van der Waals surface area contributed by atoms with Crippen molar-refractivity contribution in [1.29, 1.82) is 0 Å².